The molecular formula is C8H13KN4O5S. The summed E-state index contributed by atoms with van der Waals surface area (Å²) in [6.45, 7) is 6.57. The molecule has 0 saturated carbocycles. The minimum atomic E-state index is -4.86. The van der Waals surface area contributed by atoms with Crippen LogP contribution in [0.4, 0.5) is 0 Å². The van der Waals surface area contributed by atoms with Crippen LogP contribution >= 0.6 is 0 Å². The van der Waals surface area contributed by atoms with E-state index in [1.54, 1.807) is 27.7 Å². The van der Waals surface area contributed by atoms with Crippen LogP contribution in [-0.4, -0.2) is 29.3 Å². The van der Waals surface area contributed by atoms with Crippen LogP contribution in [-0.2, 0) is 14.7 Å². The second-order valence-corrected chi connectivity index (χ2v) is 4.99. The van der Waals surface area contributed by atoms with E-state index >= 15 is 0 Å². The molecule has 102 valence electrons. The van der Waals surface area contributed by atoms with Gasteiger partial charge in [-0.2, -0.15) is 20.8 Å². The van der Waals surface area contributed by atoms with Crippen molar-refractivity contribution in [3.05, 3.63) is 0 Å². The van der Waals surface area contributed by atoms with Crippen molar-refractivity contribution in [3.63, 3.8) is 0 Å². The predicted molar refractivity (Wildman–Crippen MR) is 57.7 cm³/mol. The van der Waals surface area contributed by atoms with Crippen LogP contribution in [0.15, 0.2) is 10.2 Å². The summed E-state index contributed by atoms with van der Waals surface area (Å²) in [5, 5.41) is 31.7. The molecule has 0 unspecified atom stereocenters. The minimum Gasteiger partial charge on any atom is -0.724 e. The number of nitrogens with zero attached hydrogens (tertiary/aromatic N) is 4. The Morgan fingerprint density at radius 3 is 1.42 bits per heavy atom. The fraction of sp³-hybridized carbons (Fsp3) is 0.750. The normalized spacial score (nSPS) is 11.6. The van der Waals surface area contributed by atoms with Gasteiger partial charge in [-0.3, -0.25) is 0 Å². The third-order valence-electron chi connectivity index (χ3n) is 1.19. The van der Waals surface area contributed by atoms with E-state index in [1.807, 2.05) is 12.1 Å². The molecule has 0 saturated heterocycles. The molecular weight excluding hydrogens is 303 g/mol. The molecule has 0 aliphatic carbocycles. The van der Waals surface area contributed by atoms with Gasteiger partial charge < -0.3 is 4.55 Å². The maximum atomic E-state index is 8.97. The Morgan fingerprint density at radius 1 is 1.11 bits per heavy atom. The molecule has 19 heavy (non-hydrogen) atoms. The molecule has 11 heteroatoms. The second-order valence-electron chi connectivity index (χ2n) is 4.02. The molecule has 0 bridgehead atoms. The van der Waals surface area contributed by atoms with Crippen LogP contribution in [0.3, 0.4) is 0 Å². The summed E-state index contributed by atoms with van der Waals surface area (Å²) >= 11 is 0. The zero-order chi connectivity index (χ0) is 15.0. The third kappa shape index (κ3) is 18.0. The number of azo groups is 1. The van der Waals surface area contributed by atoms with E-state index in [4.69, 9.17) is 28.8 Å². The van der Waals surface area contributed by atoms with E-state index in [2.05, 4.69) is 14.6 Å². The van der Waals surface area contributed by atoms with Gasteiger partial charge >= 0.3 is 51.4 Å². The Bertz CT molecular complexity index is 446. The smallest absolute Gasteiger partial charge is 0.724 e. The molecule has 9 nitrogen and oxygen atoms in total. The van der Waals surface area contributed by atoms with E-state index in [9.17, 15) is 0 Å². The van der Waals surface area contributed by atoms with Crippen molar-refractivity contribution in [1.82, 2.24) is 0 Å². The van der Waals surface area contributed by atoms with Crippen molar-refractivity contribution in [2.45, 2.75) is 38.8 Å². The van der Waals surface area contributed by atoms with Crippen LogP contribution in [0.2, 0.25) is 0 Å². The number of hydrogen-bond donors (Lipinski definition) is 1. The summed E-state index contributed by atoms with van der Waals surface area (Å²) in [5.41, 5.74) is -1.68. The van der Waals surface area contributed by atoms with Gasteiger partial charge in [-0.1, -0.05) is 0 Å². The molecule has 0 aromatic carbocycles. The van der Waals surface area contributed by atoms with Crippen LogP contribution in [0.1, 0.15) is 27.7 Å². The Labute approximate surface area is 154 Å². The van der Waals surface area contributed by atoms with E-state index in [1.165, 1.54) is 0 Å². The SMILES string of the molecule is CC(C)(C#N)/N=N/C(C)(C)C#N.O=S(=O)([O-])OO.[K+]. The van der Waals surface area contributed by atoms with Crippen molar-refractivity contribution in [1.29, 1.82) is 10.5 Å². The van der Waals surface area contributed by atoms with Crippen molar-refractivity contribution in [3.8, 4) is 12.1 Å². The standard InChI is InChI=1S/C8H12N4.K.H2O5S/c1-7(2,5-9)11-12-8(3,4)6-10;;1-5-6(2,3)4/h1-4H3;;1H,(H,2,3,4)/q;+1;/p-1/b12-11+;;. The average Bonchev–Trinajstić information content (AvgIpc) is 2.27. The Morgan fingerprint density at radius 2 is 1.32 bits per heavy atom. The molecule has 0 amide bonds. The first-order valence-electron chi connectivity index (χ1n) is 4.44. The molecule has 0 aromatic heterocycles. The molecule has 0 radical (unpaired) electrons. The summed E-state index contributed by atoms with van der Waals surface area (Å²) < 4.78 is 29.3. The first kappa shape index (κ1) is 24.1. The largest absolute Gasteiger partial charge is 1.00 e. The monoisotopic (exact) mass is 316 g/mol. The first-order chi connectivity index (χ1) is 7.89. The minimum absolute atomic E-state index is 0. The summed E-state index contributed by atoms with van der Waals surface area (Å²) in [6, 6.07) is 3.94. The zero-order valence-corrected chi connectivity index (χ0v) is 15.2. The van der Waals surface area contributed by atoms with E-state index in [-0.39, 0.29) is 51.4 Å². The molecule has 0 rings (SSSR count). The Hall–Kier alpha value is 0.0464. The van der Waals surface area contributed by atoms with Gasteiger partial charge in [-0.25, -0.2) is 13.7 Å². The van der Waals surface area contributed by atoms with Crippen LogP contribution < -0.4 is 51.4 Å². The number of nitriles is 2. The molecule has 0 spiro atoms. The summed E-state index contributed by atoms with van der Waals surface area (Å²) in [5.74, 6) is 0. The predicted octanol–water partition coefficient (Wildman–Crippen LogP) is -2.02. The van der Waals surface area contributed by atoms with Gasteiger partial charge in [0.05, 0.1) is 12.1 Å². The molecule has 1 N–H and O–H groups in total. The van der Waals surface area contributed by atoms with Crippen molar-refractivity contribution >= 4 is 10.4 Å². The fourth-order valence-corrected chi connectivity index (χ4v) is 0.295. The number of hydrogen-bond acceptors (Lipinski definition) is 9. The average molecular weight is 316 g/mol. The van der Waals surface area contributed by atoms with Gasteiger partial charge in [0.25, 0.3) is 0 Å². The molecule has 0 fully saturated rings. The molecule has 0 aliphatic heterocycles. The van der Waals surface area contributed by atoms with Gasteiger partial charge in [0.15, 0.2) is 11.1 Å². The van der Waals surface area contributed by atoms with Crippen LogP contribution in [0, 0.1) is 22.7 Å². The maximum absolute atomic E-state index is 8.97. The van der Waals surface area contributed by atoms with Gasteiger partial charge in [-0.05, 0) is 27.7 Å². The summed E-state index contributed by atoms with van der Waals surface area (Å²) in [7, 11) is -4.86. The van der Waals surface area contributed by atoms with Crippen LogP contribution in [0.5, 0.6) is 0 Å². The topological polar surface area (TPSA) is 159 Å². The van der Waals surface area contributed by atoms with Gasteiger partial charge in [0.1, 0.15) is 0 Å². The van der Waals surface area contributed by atoms with Crippen molar-refractivity contribution in [2.24, 2.45) is 10.2 Å². The van der Waals surface area contributed by atoms with Crippen molar-refractivity contribution < 1.29 is 73.9 Å². The quantitative estimate of drug-likeness (QED) is 0.157. The van der Waals surface area contributed by atoms with Gasteiger partial charge in [-0.15, -0.1) is 4.33 Å². The van der Waals surface area contributed by atoms with Crippen molar-refractivity contribution in [2.75, 3.05) is 0 Å². The zero-order valence-electron chi connectivity index (χ0n) is 11.3. The second kappa shape index (κ2) is 9.87. The fourth-order valence-electron chi connectivity index (χ4n) is 0.295. The molecule has 0 heterocycles. The first-order valence-corrected chi connectivity index (χ1v) is 5.78. The molecule has 0 atom stereocenters. The maximum Gasteiger partial charge on any atom is 1.00 e. The Kier molecular flexibility index (Phi) is 12.5. The molecule has 0 aromatic rings. The van der Waals surface area contributed by atoms with E-state index in [0.29, 0.717) is 0 Å². The Balaban J connectivity index is -0.000000313. The summed E-state index contributed by atoms with van der Waals surface area (Å²) in [6.07, 6.45) is 0. The van der Waals surface area contributed by atoms with Crippen LogP contribution in [0.25, 0.3) is 0 Å². The summed E-state index contributed by atoms with van der Waals surface area (Å²) in [4.78, 5) is 0. The van der Waals surface area contributed by atoms with Gasteiger partial charge in [0.2, 0.25) is 10.4 Å². The molecule has 0 aliphatic rings. The third-order valence-corrected chi connectivity index (χ3v) is 1.37. The van der Waals surface area contributed by atoms with E-state index in [0.717, 1.165) is 0 Å². The van der Waals surface area contributed by atoms with E-state index < -0.39 is 21.5 Å². The van der Waals surface area contributed by atoms with Gasteiger partial charge in [0, 0.05) is 0 Å². The number of rotatable bonds is 3.